The molecule has 102 valence electrons. The number of benzene rings is 1. The molecule has 1 unspecified atom stereocenters. The lowest BCUT2D eigenvalue weighted by Gasteiger charge is -2.19. The molecule has 0 aromatic heterocycles. The molecule has 1 aliphatic rings. The molecule has 19 heavy (non-hydrogen) atoms. The molecule has 1 atom stereocenters. The summed E-state index contributed by atoms with van der Waals surface area (Å²) >= 11 is 6.76. The number of anilines is 1. The topological polar surface area (TPSA) is 37.4 Å². The van der Waals surface area contributed by atoms with E-state index in [0.29, 0.717) is 22.5 Å². The van der Waals surface area contributed by atoms with E-state index in [-0.39, 0.29) is 0 Å². The second-order valence-corrected chi connectivity index (χ2v) is 6.44. The summed E-state index contributed by atoms with van der Waals surface area (Å²) in [6.07, 6.45) is 1.97. The molecule has 0 fully saturated rings. The van der Waals surface area contributed by atoms with E-state index < -0.39 is 11.7 Å². The summed E-state index contributed by atoms with van der Waals surface area (Å²) in [4.78, 5) is 25.6. The summed E-state index contributed by atoms with van der Waals surface area (Å²) in [5.74, 6) is -0.290. The lowest BCUT2D eigenvalue weighted by molar-refractivity contribution is -0.114. The number of hydrogen-bond acceptors (Lipinski definition) is 2. The molecule has 0 bridgehead atoms. The lowest BCUT2D eigenvalue weighted by Crippen LogP contribution is -2.31. The molecule has 0 spiro atoms. The summed E-state index contributed by atoms with van der Waals surface area (Å²) in [6, 6.07) is 5.47. The van der Waals surface area contributed by atoms with Gasteiger partial charge in [-0.2, -0.15) is 0 Å². The number of fused-ring (bicyclic) bond motifs is 1. The van der Waals surface area contributed by atoms with Gasteiger partial charge in [-0.05, 0) is 46.8 Å². The number of carbonyl (C=O) groups is 2. The first kappa shape index (κ1) is 14.7. The molecule has 1 aromatic rings. The normalized spacial score (nSPS) is 15.8. The first-order valence-electron chi connectivity index (χ1n) is 6.27. The van der Waals surface area contributed by atoms with Crippen molar-refractivity contribution < 1.29 is 9.59 Å². The second-order valence-electron chi connectivity index (χ2n) is 4.79. The number of Topliss-reactive ketones (excluding diaryl/α,β-unsaturated/α-hetero) is 1. The minimum absolute atomic E-state index is 0.407. The third-order valence-electron chi connectivity index (χ3n) is 3.40. The molecule has 0 saturated carbocycles. The van der Waals surface area contributed by atoms with Crippen molar-refractivity contribution in [1.29, 1.82) is 0 Å². The molecular formula is C14H15Br2NO2. The van der Waals surface area contributed by atoms with Gasteiger partial charge in [0.2, 0.25) is 0 Å². The number of alkyl halides is 1. The quantitative estimate of drug-likeness (QED) is 0.568. The third-order valence-corrected chi connectivity index (χ3v) is 4.51. The van der Waals surface area contributed by atoms with Crippen LogP contribution in [0.15, 0.2) is 22.7 Å². The van der Waals surface area contributed by atoms with E-state index in [1.807, 2.05) is 12.1 Å². The fraction of sp³-hybridized carbons (Fsp3) is 0.429. The van der Waals surface area contributed by atoms with Crippen LogP contribution in [0.1, 0.15) is 30.1 Å². The summed E-state index contributed by atoms with van der Waals surface area (Å²) < 4.78 is 0.694. The van der Waals surface area contributed by atoms with Crippen molar-refractivity contribution in [2.24, 2.45) is 5.92 Å². The summed E-state index contributed by atoms with van der Waals surface area (Å²) in [5, 5.41) is 0.961. The fourth-order valence-electron chi connectivity index (χ4n) is 2.20. The highest BCUT2D eigenvalue weighted by atomic mass is 79.9. The van der Waals surface area contributed by atoms with Gasteiger partial charge in [0.15, 0.2) is 0 Å². The highest BCUT2D eigenvalue weighted by molar-refractivity contribution is 9.10. The Bertz CT molecular complexity index is 516. The van der Waals surface area contributed by atoms with E-state index in [1.54, 1.807) is 11.0 Å². The molecule has 1 aromatic carbocycles. The van der Waals surface area contributed by atoms with Crippen LogP contribution in [-0.2, 0) is 4.79 Å². The van der Waals surface area contributed by atoms with E-state index in [1.165, 1.54) is 0 Å². The first-order chi connectivity index (χ1) is 9.06. The Kier molecular flexibility index (Phi) is 4.79. The van der Waals surface area contributed by atoms with Crippen molar-refractivity contribution in [3.05, 3.63) is 28.2 Å². The van der Waals surface area contributed by atoms with Crippen LogP contribution in [0.4, 0.5) is 5.69 Å². The average Bonchev–Trinajstić information content (AvgIpc) is 2.61. The number of ketones is 1. The third kappa shape index (κ3) is 2.92. The van der Waals surface area contributed by atoms with E-state index in [4.69, 9.17) is 0 Å². The van der Waals surface area contributed by atoms with Crippen LogP contribution in [-0.4, -0.2) is 23.6 Å². The summed E-state index contributed by atoms with van der Waals surface area (Å²) in [5.41, 5.74) is 1.23. The zero-order chi connectivity index (χ0) is 14.0. The molecular weight excluding hydrogens is 374 g/mol. The Morgan fingerprint density at radius 1 is 1.26 bits per heavy atom. The van der Waals surface area contributed by atoms with Gasteiger partial charge in [-0.1, -0.05) is 28.9 Å². The van der Waals surface area contributed by atoms with Crippen LogP contribution >= 0.6 is 31.9 Å². The number of hydrogen-bond donors (Lipinski definition) is 0. The van der Waals surface area contributed by atoms with Crippen LogP contribution in [0.3, 0.4) is 0 Å². The molecule has 0 saturated heterocycles. The molecule has 1 amide bonds. The van der Waals surface area contributed by atoms with E-state index in [2.05, 4.69) is 38.8 Å². The Balaban J connectivity index is 2.17. The van der Waals surface area contributed by atoms with Crippen molar-refractivity contribution in [3.63, 3.8) is 0 Å². The zero-order valence-corrected chi connectivity index (χ0v) is 13.8. The van der Waals surface area contributed by atoms with Crippen molar-refractivity contribution in [3.8, 4) is 0 Å². The molecule has 2 rings (SSSR count). The predicted molar refractivity (Wildman–Crippen MR) is 83.0 cm³/mol. The van der Waals surface area contributed by atoms with Gasteiger partial charge in [0.05, 0.1) is 11.3 Å². The molecule has 0 aliphatic carbocycles. The smallest absolute Gasteiger partial charge is 0.299 e. The maximum absolute atomic E-state index is 12.0. The fourth-order valence-corrected chi connectivity index (χ4v) is 3.52. The average molecular weight is 389 g/mol. The monoisotopic (exact) mass is 387 g/mol. The molecule has 1 aliphatic heterocycles. The van der Waals surface area contributed by atoms with Crippen LogP contribution < -0.4 is 4.90 Å². The van der Waals surface area contributed by atoms with Crippen molar-refractivity contribution in [2.45, 2.75) is 19.8 Å². The first-order valence-corrected chi connectivity index (χ1v) is 8.18. The van der Waals surface area contributed by atoms with E-state index >= 15 is 0 Å². The van der Waals surface area contributed by atoms with Crippen LogP contribution in [0, 0.1) is 5.92 Å². The molecule has 5 heteroatoms. The van der Waals surface area contributed by atoms with Gasteiger partial charge in [-0.3, -0.25) is 9.59 Å². The largest absolute Gasteiger partial charge is 0.305 e. The van der Waals surface area contributed by atoms with E-state index in [9.17, 15) is 9.59 Å². The maximum atomic E-state index is 12.0. The highest BCUT2D eigenvalue weighted by Gasteiger charge is 2.36. The predicted octanol–water partition coefficient (Wildman–Crippen LogP) is 3.79. The zero-order valence-electron chi connectivity index (χ0n) is 10.7. The van der Waals surface area contributed by atoms with Gasteiger partial charge >= 0.3 is 0 Å². The minimum atomic E-state index is -0.409. The molecule has 0 N–H and O–H groups in total. The lowest BCUT2D eigenvalue weighted by atomic mass is 10.1. The Labute approximate surface area is 129 Å². The van der Waals surface area contributed by atoms with Gasteiger partial charge < -0.3 is 4.90 Å². The highest BCUT2D eigenvalue weighted by Crippen LogP contribution is 2.34. The minimum Gasteiger partial charge on any atom is -0.305 e. The van der Waals surface area contributed by atoms with Gasteiger partial charge in [-0.15, -0.1) is 0 Å². The summed E-state index contributed by atoms with van der Waals surface area (Å²) in [7, 11) is 0. The molecule has 1 heterocycles. The number of amides is 1. The molecule has 0 radical (unpaired) electrons. The Hall–Kier alpha value is -0.680. The van der Waals surface area contributed by atoms with Gasteiger partial charge in [0.25, 0.3) is 11.7 Å². The van der Waals surface area contributed by atoms with Crippen LogP contribution in [0.25, 0.3) is 0 Å². The van der Waals surface area contributed by atoms with Gasteiger partial charge in [-0.25, -0.2) is 0 Å². The van der Waals surface area contributed by atoms with Crippen LogP contribution in [0.2, 0.25) is 0 Å². The number of carbonyl (C=O) groups excluding carboxylic acids is 2. The Morgan fingerprint density at radius 3 is 2.68 bits per heavy atom. The van der Waals surface area contributed by atoms with Crippen molar-refractivity contribution in [1.82, 2.24) is 0 Å². The molecule has 3 nitrogen and oxygen atoms in total. The van der Waals surface area contributed by atoms with Gasteiger partial charge in [0.1, 0.15) is 0 Å². The Morgan fingerprint density at radius 2 is 2.00 bits per heavy atom. The summed E-state index contributed by atoms with van der Waals surface area (Å²) in [6.45, 7) is 2.76. The van der Waals surface area contributed by atoms with E-state index in [0.717, 1.165) is 23.9 Å². The number of rotatable bonds is 5. The number of halogens is 2. The maximum Gasteiger partial charge on any atom is 0.299 e. The standard InChI is InChI=1S/C14H15Br2NO2/c1-9(5-7-15)6-8-17-11-4-2-3-10(16)12(11)13(18)14(17)19/h2-4,9H,5-8H2,1H3. The van der Waals surface area contributed by atoms with Crippen molar-refractivity contribution >= 4 is 49.2 Å². The second kappa shape index (κ2) is 6.18. The van der Waals surface area contributed by atoms with Crippen LogP contribution in [0.5, 0.6) is 0 Å². The van der Waals surface area contributed by atoms with Crippen molar-refractivity contribution in [2.75, 3.05) is 16.8 Å². The SMILES string of the molecule is CC(CCBr)CCN1C(=O)C(=O)c2c(Br)cccc21. The number of nitrogens with zero attached hydrogens (tertiary/aromatic N) is 1. The van der Waals surface area contributed by atoms with Gasteiger partial charge in [0, 0.05) is 16.3 Å².